The van der Waals surface area contributed by atoms with Gasteiger partial charge < -0.3 is 25.2 Å². The summed E-state index contributed by atoms with van der Waals surface area (Å²) >= 11 is 8.01. The van der Waals surface area contributed by atoms with Crippen molar-refractivity contribution >= 4 is 47.2 Å². The number of carboxylic acids is 4. The van der Waals surface area contributed by atoms with Gasteiger partial charge in [-0.1, -0.05) is 29.4 Å². The Bertz CT molecular complexity index is 1610. The van der Waals surface area contributed by atoms with Gasteiger partial charge in [0.1, 0.15) is 24.0 Å². The van der Waals surface area contributed by atoms with Crippen LogP contribution in [0.15, 0.2) is 94.8 Å². The summed E-state index contributed by atoms with van der Waals surface area (Å²) in [5, 5.41) is 32.0. The third-order valence-electron chi connectivity index (χ3n) is 7.07. The molecule has 5 rings (SSSR count). The molecule has 11 nitrogen and oxygen atoms in total. The highest BCUT2D eigenvalue weighted by Gasteiger charge is 2.30. The van der Waals surface area contributed by atoms with Crippen LogP contribution < -0.4 is 4.74 Å². The van der Waals surface area contributed by atoms with E-state index in [0.29, 0.717) is 36.7 Å². The molecule has 2 aliphatic heterocycles. The van der Waals surface area contributed by atoms with Crippen molar-refractivity contribution in [3.05, 3.63) is 113 Å². The summed E-state index contributed by atoms with van der Waals surface area (Å²) in [6.45, 7) is 5.17. The van der Waals surface area contributed by atoms with E-state index in [1.807, 2.05) is 12.1 Å². The summed E-state index contributed by atoms with van der Waals surface area (Å²) < 4.78 is 32.7. The Morgan fingerprint density at radius 3 is 1.86 bits per heavy atom. The maximum Gasteiger partial charge on any atom is 0.328 e. The fraction of sp³-hybridized carbons (Fsp3) is 0.235. The third kappa shape index (κ3) is 13.7. The smallest absolute Gasteiger partial charge is 0.328 e. The second kappa shape index (κ2) is 19.3. The van der Waals surface area contributed by atoms with Crippen molar-refractivity contribution in [1.29, 1.82) is 0 Å². The number of rotatable bonds is 9. The van der Waals surface area contributed by atoms with E-state index in [2.05, 4.69) is 21.9 Å². The zero-order valence-corrected chi connectivity index (χ0v) is 27.4. The SMILES string of the molecule is Fc1ccc(OCCN2CCN(C3Cc4ccc(F)cc4Sc4ccc(Cl)cc43)CC2)cc1.O=C(O)/C=C/C(=O)O.O=C(O)/C=C/C(=O)O. The molecule has 4 N–H and O–H groups in total. The van der Waals surface area contributed by atoms with Gasteiger partial charge in [0.25, 0.3) is 0 Å². The van der Waals surface area contributed by atoms with Crippen LogP contribution in [0.25, 0.3) is 0 Å². The summed E-state index contributed by atoms with van der Waals surface area (Å²) in [5.74, 6) is -4.80. The van der Waals surface area contributed by atoms with Crippen LogP contribution in [-0.4, -0.2) is 93.4 Å². The molecular formula is C34H33ClF2N2O9S. The van der Waals surface area contributed by atoms with Gasteiger partial charge in [-0.15, -0.1) is 0 Å². The van der Waals surface area contributed by atoms with Crippen molar-refractivity contribution < 1.29 is 53.1 Å². The molecule has 0 radical (unpaired) electrons. The summed E-state index contributed by atoms with van der Waals surface area (Å²) in [6, 6.07) is 17.5. The van der Waals surface area contributed by atoms with E-state index in [-0.39, 0.29) is 17.7 Å². The molecule has 0 amide bonds. The van der Waals surface area contributed by atoms with Crippen molar-refractivity contribution in [3.8, 4) is 5.75 Å². The maximum absolute atomic E-state index is 13.9. The molecule has 15 heteroatoms. The van der Waals surface area contributed by atoms with E-state index in [9.17, 15) is 28.0 Å². The van der Waals surface area contributed by atoms with Gasteiger partial charge in [0, 0.05) is 77.9 Å². The molecule has 49 heavy (non-hydrogen) atoms. The lowest BCUT2D eigenvalue weighted by atomic mass is 9.96. The number of halogens is 3. The first-order chi connectivity index (χ1) is 23.3. The number of piperazine rings is 1. The van der Waals surface area contributed by atoms with E-state index >= 15 is 0 Å². The second-order valence-electron chi connectivity index (χ2n) is 10.5. The molecule has 1 atom stereocenters. The Hall–Kier alpha value is -4.76. The second-order valence-corrected chi connectivity index (χ2v) is 12.0. The molecular weight excluding hydrogens is 686 g/mol. The van der Waals surface area contributed by atoms with Crippen LogP contribution in [0.1, 0.15) is 17.2 Å². The number of fused-ring (bicyclic) bond motifs is 2. The van der Waals surface area contributed by atoms with Gasteiger partial charge in [-0.3, -0.25) is 9.80 Å². The van der Waals surface area contributed by atoms with Crippen LogP contribution in [-0.2, 0) is 25.6 Å². The first-order valence-electron chi connectivity index (χ1n) is 14.7. The molecule has 1 saturated heterocycles. The molecule has 1 fully saturated rings. The fourth-order valence-electron chi connectivity index (χ4n) is 4.83. The predicted octanol–water partition coefficient (Wildman–Crippen LogP) is 5.49. The minimum Gasteiger partial charge on any atom is -0.492 e. The topological polar surface area (TPSA) is 165 Å². The number of nitrogens with zero attached hydrogens (tertiary/aromatic N) is 2. The molecule has 2 aliphatic rings. The number of carboxylic acid groups (broad SMARTS) is 4. The monoisotopic (exact) mass is 718 g/mol. The number of benzene rings is 3. The van der Waals surface area contributed by atoms with Gasteiger partial charge in [0.2, 0.25) is 0 Å². The van der Waals surface area contributed by atoms with Gasteiger partial charge >= 0.3 is 23.9 Å². The minimum absolute atomic E-state index is 0.202. The standard InChI is InChI=1S/C26H25ClF2N2OS.2C4H4O4/c27-19-2-8-25-23(16-19)24(15-18-1-3-21(29)17-26(18)33-25)31-11-9-30(10-12-31)13-14-32-22-6-4-20(28)5-7-22;2*5-3(6)1-2-4(7)8/h1-8,16-17,24H,9-15H2;2*1-2H,(H,5,6)(H,7,8)/b;2*2-1+. The Morgan fingerprint density at radius 1 is 0.755 bits per heavy atom. The molecule has 260 valence electrons. The average Bonchev–Trinajstić information content (AvgIpc) is 3.21. The molecule has 2 heterocycles. The Kier molecular flexibility index (Phi) is 15.2. The Balaban J connectivity index is 0.000000338. The number of hydrogen-bond donors (Lipinski definition) is 4. The molecule has 3 aromatic rings. The maximum atomic E-state index is 13.9. The van der Waals surface area contributed by atoms with Crippen LogP contribution in [0.3, 0.4) is 0 Å². The van der Waals surface area contributed by atoms with Crippen LogP contribution in [0.5, 0.6) is 5.75 Å². The predicted molar refractivity (Wildman–Crippen MR) is 177 cm³/mol. The van der Waals surface area contributed by atoms with Crippen LogP contribution in [0.2, 0.25) is 5.02 Å². The summed E-state index contributed by atoms with van der Waals surface area (Å²) in [6.07, 6.45) is 3.07. The third-order valence-corrected chi connectivity index (χ3v) is 8.49. The lowest BCUT2D eigenvalue weighted by Crippen LogP contribution is -2.49. The van der Waals surface area contributed by atoms with Crippen molar-refractivity contribution in [3.63, 3.8) is 0 Å². The van der Waals surface area contributed by atoms with E-state index in [1.165, 1.54) is 23.3 Å². The zero-order valence-electron chi connectivity index (χ0n) is 25.9. The van der Waals surface area contributed by atoms with E-state index < -0.39 is 23.9 Å². The van der Waals surface area contributed by atoms with Gasteiger partial charge in [-0.05, 0) is 72.1 Å². The average molecular weight is 719 g/mol. The van der Waals surface area contributed by atoms with Gasteiger partial charge in [-0.25, -0.2) is 28.0 Å². The number of ether oxygens (including phenoxy) is 1. The molecule has 3 aromatic carbocycles. The van der Waals surface area contributed by atoms with Crippen molar-refractivity contribution in [2.24, 2.45) is 0 Å². The highest BCUT2D eigenvalue weighted by molar-refractivity contribution is 7.99. The van der Waals surface area contributed by atoms with Crippen LogP contribution in [0.4, 0.5) is 8.78 Å². The normalized spacial score (nSPS) is 15.9. The molecule has 0 saturated carbocycles. The van der Waals surface area contributed by atoms with Gasteiger partial charge in [0.05, 0.1) is 0 Å². The van der Waals surface area contributed by atoms with Crippen molar-refractivity contribution in [1.82, 2.24) is 9.80 Å². The van der Waals surface area contributed by atoms with E-state index in [1.54, 1.807) is 36.0 Å². The highest BCUT2D eigenvalue weighted by Crippen LogP contribution is 2.44. The van der Waals surface area contributed by atoms with Gasteiger partial charge in [0.15, 0.2) is 0 Å². The molecule has 0 aliphatic carbocycles. The summed E-state index contributed by atoms with van der Waals surface area (Å²) in [5.41, 5.74) is 2.39. The zero-order chi connectivity index (χ0) is 35.9. The molecule has 0 aromatic heterocycles. The molecule has 1 unspecified atom stereocenters. The first-order valence-corrected chi connectivity index (χ1v) is 15.9. The van der Waals surface area contributed by atoms with Gasteiger partial charge in [-0.2, -0.15) is 0 Å². The lowest BCUT2D eigenvalue weighted by Gasteiger charge is -2.39. The number of hydrogen-bond acceptors (Lipinski definition) is 8. The van der Waals surface area contributed by atoms with E-state index in [4.69, 9.17) is 36.8 Å². The quantitative estimate of drug-likeness (QED) is 0.206. The Labute approximate surface area is 289 Å². The fourth-order valence-corrected chi connectivity index (χ4v) is 6.15. The van der Waals surface area contributed by atoms with Crippen molar-refractivity contribution in [2.75, 3.05) is 39.3 Å². The Morgan fingerprint density at radius 2 is 1.31 bits per heavy atom. The minimum atomic E-state index is -1.26. The van der Waals surface area contributed by atoms with Crippen molar-refractivity contribution in [2.45, 2.75) is 22.3 Å². The first kappa shape index (κ1) is 38.7. The highest BCUT2D eigenvalue weighted by atomic mass is 35.5. The molecule has 0 bridgehead atoms. The number of aliphatic carboxylic acids is 4. The number of carbonyl (C=O) groups is 4. The van der Waals surface area contributed by atoms with Crippen LogP contribution >= 0.6 is 23.4 Å². The van der Waals surface area contributed by atoms with E-state index in [0.717, 1.165) is 54.0 Å². The summed E-state index contributed by atoms with van der Waals surface area (Å²) in [7, 11) is 0. The largest absolute Gasteiger partial charge is 0.492 e. The summed E-state index contributed by atoms with van der Waals surface area (Å²) in [4.78, 5) is 45.3. The molecule has 0 spiro atoms. The lowest BCUT2D eigenvalue weighted by molar-refractivity contribution is -0.134. The van der Waals surface area contributed by atoms with Crippen LogP contribution in [0, 0.1) is 11.6 Å².